The number of rotatable bonds is 3. The van der Waals surface area contributed by atoms with Gasteiger partial charge in [0.15, 0.2) is 11.5 Å². The fourth-order valence-corrected chi connectivity index (χ4v) is 2.85. The van der Waals surface area contributed by atoms with Crippen LogP contribution in [0.15, 0.2) is 18.2 Å². The zero-order valence-corrected chi connectivity index (χ0v) is 12.9. The predicted octanol–water partition coefficient (Wildman–Crippen LogP) is 3.36. The van der Waals surface area contributed by atoms with E-state index in [0.29, 0.717) is 17.1 Å². The highest BCUT2D eigenvalue weighted by Crippen LogP contribution is 2.35. The zero-order valence-electron chi connectivity index (χ0n) is 12.9. The van der Waals surface area contributed by atoms with Crippen molar-refractivity contribution in [3.05, 3.63) is 23.8 Å². The number of ether oxygens (including phenoxy) is 2. The van der Waals surface area contributed by atoms with Crippen LogP contribution in [0, 0.1) is 5.41 Å². The number of carbonyl (C=O) groups excluding carboxylic acids is 1. The van der Waals surface area contributed by atoms with Crippen LogP contribution in [0.2, 0.25) is 0 Å². The Kier molecular flexibility index (Phi) is 3.67. The van der Waals surface area contributed by atoms with E-state index in [-0.39, 0.29) is 23.7 Å². The number of hydrogen-bond acceptors (Lipinski definition) is 3. The van der Waals surface area contributed by atoms with Crippen LogP contribution in [0.5, 0.6) is 11.5 Å². The fraction of sp³-hybridized carbons (Fsp3) is 0.562. The van der Waals surface area contributed by atoms with Crippen LogP contribution in [-0.4, -0.2) is 18.2 Å². The Labute approximate surface area is 120 Å². The summed E-state index contributed by atoms with van der Waals surface area (Å²) in [6, 6.07) is 5.37. The van der Waals surface area contributed by atoms with E-state index in [9.17, 15) is 4.79 Å². The second-order valence-corrected chi connectivity index (χ2v) is 7.11. The minimum Gasteiger partial charge on any atom is -0.454 e. The molecule has 20 heavy (non-hydrogen) atoms. The molecule has 1 aliphatic rings. The number of benzene rings is 1. The molecular weight excluding hydrogens is 254 g/mol. The Morgan fingerprint density at radius 2 is 1.90 bits per heavy atom. The largest absolute Gasteiger partial charge is 0.454 e. The number of amides is 1. The summed E-state index contributed by atoms with van der Waals surface area (Å²) in [5.74, 6) is 1.05. The minimum absolute atomic E-state index is 0.124. The molecule has 1 heterocycles. The van der Waals surface area contributed by atoms with Gasteiger partial charge in [-0.15, -0.1) is 0 Å². The van der Waals surface area contributed by atoms with E-state index in [1.807, 2.05) is 13.8 Å². The summed E-state index contributed by atoms with van der Waals surface area (Å²) in [4.78, 5) is 12.5. The predicted molar refractivity (Wildman–Crippen MR) is 78.2 cm³/mol. The van der Waals surface area contributed by atoms with E-state index < -0.39 is 0 Å². The molecule has 0 bridgehead atoms. The normalized spacial score (nSPS) is 14.2. The van der Waals surface area contributed by atoms with Crippen molar-refractivity contribution >= 4 is 5.91 Å². The summed E-state index contributed by atoms with van der Waals surface area (Å²) in [6.07, 6.45) is 0.887. The quantitative estimate of drug-likeness (QED) is 0.921. The van der Waals surface area contributed by atoms with Gasteiger partial charge in [0.1, 0.15) is 0 Å². The van der Waals surface area contributed by atoms with Gasteiger partial charge in [-0.1, -0.05) is 26.8 Å². The molecule has 0 atom stereocenters. The van der Waals surface area contributed by atoms with E-state index in [2.05, 4.69) is 26.1 Å². The van der Waals surface area contributed by atoms with Crippen molar-refractivity contribution in [1.29, 1.82) is 0 Å². The molecule has 0 aliphatic carbocycles. The van der Waals surface area contributed by atoms with Crippen LogP contribution in [0.3, 0.4) is 0 Å². The summed E-state index contributed by atoms with van der Waals surface area (Å²) >= 11 is 0. The molecule has 0 radical (unpaired) electrons. The maximum absolute atomic E-state index is 12.5. The van der Waals surface area contributed by atoms with Crippen molar-refractivity contribution in [3.63, 3.8) is 0 Å². The Hall–Kier alpha value is -1.71. The van der Waals surface area contributed by atoms with Gasteiger partial charge in [-0.2, -0.15) is 0 Å². The molecule has 0 saturated heterocycles. The molecule has 1 aromatic rings. The second kappa shape index (κ2) is 5.00. The van der Waals surface area contributed by atoms with Crippen molar-refractivity contribution in [2.24, 2.45) is 5.41 Å². The summed E-state index contributed by atoms with van der Waals surface area (Å²) < 4.78 is 10.7. The molecule has 0 saturated carbocycles. The number of nitrogens with one attached hydrogen (secondary N) is 1. The topological polar surface area (TPSA) is 47.6 Å². The van der Waals surface area contributed by atoms with Gasteiger partial charge in [-0.3, -0.25) is 4.79 Å². The van der Waals surface area contributed by atoms with Crippen LogP contribution in [0.25, 0.3) is 0 Å². The average molecular weight is 277 g/mol. The Morgan fingerprint density at radius 1 is 1.20 bits per heavy atom. The SMILES string of the molecule is CC(C)(C)CC(C)(C)NC(=O)c1cccc2c1OCO2. The first-order valence-electron chi connectivity index (χ1n) is 6.89. The van der Waals surface area contributed by atoms with Crippen LogP contribution in [0.4, 0.5) is 0 Å². The number of para-hydroxylation sites is 1. The molecule has 0 unspecified atom stereocenters. The summed E-state index contributed by atoms with van der Waals surface area (Å²) in [5, 5.41) is 3.08. The highest BCUT2D eigenvalue weighted by atomic mass is 16.7. The Balaban J connectivity index is 2.15. The molecule has 1 N–H and O–H groups in total. The first kappa shape index (κ1) is 14.7. The highest BCUT2D eigenvalue weighted by Gasteiger charge is 2.29. The molecule has 4 nitrogen and oxygen atoms in total. The van der Waals surface area contributed by atoms with E-state index in [4.69, 9.17) is 9.47 Å². The lowest BCUT2D eigenvalue weighted by Crippen LogP contribution is -2.45. The minimum atomic E-state index is -0.280. The smallest absolute Gasteiger partial charge is 0.255 e. The lowest BCUT2D eigenvalue weighted by molar-refractivity contribution is 0.0887. The van der Waals surface area contributed by atoms with Crippen LogP contribution in [0.1, 0.15) is 51.4 Å². The molecule has 0 fully saturated rings. The Morgan fingerprint density at radius 3 is 2.55 bits per heavy atom. The van der Waals surface area contributed by atoms with Gasteiger partial charge in [0, 0.05) is 5.54 Å². The van der Waals surface area contributed by atoms with Gasteiger partial charge in [-0.05, 0) is 37.8 Å². The van der Waals surface area contributed by atoms with E-state index in [0.717, 1.165) is 6.42 Å². The third-order valence-corrected chi connectivity index (χ3v) is 3.07. The van der Waals surface area contributed by atoms with Crippen molar-refractivity contribution < 1.29 is 14.3 Å². The van der Waals surface area contributed by atoms with Crippen LogP contribution in [-0.2, 0) is 0 Å². The highest BCUT2D eigenvalue weighted by molar-refractivity contribution is 5.98. The van der Waals surface area contributed by atoms with E-state index >= 15 is 0 Å². The maximum Gasteiger partial charge on any atom is 0.255 e. The van der Waals surface area contributed by atoms with Gasteiger partial charge in [0.25, 0.3) is 5.91 Å². The molecule has 1 aliphatic heterocycles. The van der Waals surface area contributed by atoms with Gasteiger partial charge in [-0.25, -0.2) is 0 Å². The van der Waals surface area contributed by atoms with Crippen molar-refractivity contribution in [2.75, 3.05) is 6.79 Å². The van der Waals surface area contributed by atoms with E-state index in [1.54, 1.807) is 18.2 Å². The van der Waals surface area contributed by atoms with E-state index in [1.165, 1.54) is 0 Å². The van der Waals surface area contributed by atoms with Crippen molar-refractivity contribution in [2.45, 2.75) is 46.6 Å². The molecule has 2 rings (SSSR count). The van der Waals surface area contributed by atoms with Gasteiger partial charge >= 0.3 is 0 Å². The number of hydrogen-bond donors (Lipinski definition) is 1. The lowest BCUT2D eigenvalue weighted by atomic mass is 9.81. The molecular formula is C16H23NO3. The van der Waals surface area contributed by atoms with Crippen molar-refractivity contribution in [1.82, 2.24) is 5.32 Å². The van der Waals surface area contributed by atoms with Crippen LogP contribution < -0.4 is 14.8 Å². The molecule has 110 valence electrons. The standard InChI is InChI=1S/C16H23NO3/c1-15(2,3)9-16(4,5)17-14(18)11-7-6-8-12-13(11)20-10-19-12/h6-8H,9-10H2,1-5H3,(H,17,18). The number of fused-ring (bicyclic) bond motifs is 1. The summed E-state index contributed by atoms with van der Waals surface area (Å²) in [6.45, 7) is 10.7. The zero-order chi connectivity index (χ0) is 15.0. The maximum atomic E-state index is 12.5. The van der Waals surface area contributed by atoms with Crippen molar-refractivity contribution in [3.8, 4) is 11.5 Å². The summed E-state index contributed by atoms with van der Waals surface area (Å²) in [5.41, 5.74) is 0.397. The molecule has 4 heteroatoms. The molecule has 0 aromatic heterocycles. The molecule has 1 aromatic carbocycles. The van der Waals surface area contributed by atoms with Gasteiger partial charge < -0.3 is 14.8 Å². The monoisotopic (exact) mass is 277 g/mol. The molecule has 0 spiro atoms. The third-order valence-electron chi connectivity index (χ3n) is 3.07. The number of carbonyl (C=O) groups is 1. The first-order valence-corrected chi connectivity index (χ1v) is 6.89. The summed E-state index contributed by atoms with van der Waals surface area (Å²) in [7, 11) is 0. The third kappa shape index (κ3) is 3.44. The van der Waals surface area contributed by atoms with Gasteiger partial charge in [0.2, 0.25) is 6.79 Å². The van der Waals surface area contributed by atoms with Crippen LogP contribution >= 0.6 is 0 Å². The Bertz CT molecular complexity index is 515. The molecule has 1 amide bonds. The first-order chi connectivity index (χ1) is 9.18. The average Bonchev–Trinajstić information content (AvgIpc) is 2.71. The van der Waals surface area contributed by atoms with Gasteiger partial charge in [0.05, 0.1) is 5.56 Å². The lowest BCUT2D eigenvalue weighted by Gasteiger charge is -2.33. The fourth-order valence-electron chi connectivity index (χ4n) is 2.85. The second-order valence-electron chi connectivity index (χ2n) is 7.11.